The number of amides is 1. The zero-order valence-corrected chi connectivity index (χ0v) is 12.8. The van der Waals surface area contributed by atoms with E-state index in [0.717, 1.165) is 23.8 Å². The second-order valence-corrected chi connectivity index (χ2v) is 5.88. The van der Waals surface area contributed by atoms with Crippen LogP contribution < -0.4 is 10.1 Å². The molecule has 2 aromatic rings. The zero-order valence-electron chi connectivity index (χ0n) is 12.8. The third kappa shape index (κ3) is 3.88. The molecule has 0 radical (unpaired) electrons. The molecule has 22 heavy (non-hydrogen) atoms. The van der Waals surface area contributed by atoms with E-state index in [1.165, 1.54) is 12.8 Å². The Morgan fingerprint density at radius 2 is 1.82 bits per heavy atom. The van der Waals surface area contributed by atoms with Crippen LogP contribution in [-0.2, 0) is 0 Å². The van der Waals surface area contributed by atoms with Crippen molar-refractivity contribution in [3.05, 3.63) is 65.7 Å². The van der Waals surface area contributed by atoms with E-state index in [1.54, 1.807) is 0 Å². The van der Waals surface area contributed by atoms with Crippen molar-refractivity contribution in [3.63, 3.8) is 0 Å². The Kier molecular flexibility index (Phi) is 4.42. The molecule has 0 saturated heterocycles. The van der Waals surface area contributed by atoms with Crippen molar-refractivity contribution in [1.82, 2.24) is 5.32 Å². The van der Waals surface area contributed by atoms with Gasteiger partial charge in [0.1, 0.15) is 5.75 Å². The number of nitrogens with one attached hydrogen (secondary N) is 1. The van der Waals surface area contributed by atoms with Crippen LogP contribution in [0.4, 0.5) is 0 Å². The highest BCUT2D eigenvalue weighted by atomic mass is 16.5. The van der Waals surface area contributed by atoms with Gasteiger partial charge in [0.2, 0.25) is 0 Å². The minimum atomic E-state index is -0.0647. The number of hydrogen-bond donors (Lipinski definition) is 1. The molecular weight excluding hydrogens is 274 g/mol. The van der Waals surface area contributed by atoms with Crippen LogP contribution in [0.5, 0.6) is 5.75 Å². The van der Waals surface area contributed by atoms with Crippen LogP contribution in [0.2, 0.25) is 0 Å². The van der Waals surface area contributed by atoms with Gasteiger partial charge in [0, 0.05) is 5.56 Å². The van der Waals surface area contributed by atoms with E-state index in [-0.39, 0.29) is 11.9 Å². The zero-order chi connectivity index (χ0) is 15.4. The van der Waals surface area contributed by atoms with Crippen molar-refractivity contribution in [2.24, 2.45) is 5.92 Å². The Balaban J connectivity index is 1.57. The molecule has 2 aromatic carbocycles. The maximum Gasteiger partial charge on any atom is 0.251 e. The third-order valence-corrected chi connectivity index (χ3v) is 3.95. The number of benzene rings is 2. The fourth-order valence-electron chi connectivity index (χ4n) is 2.31. The van der Waals surface area contributed by atoms with E-state index < -0.39 is 0 Å². The van der Waals surface area contributed by atoms with Crippen LogP contribution in [0.25, 0.3) is 0 Å². The molecule has 1 fully saturated rings. The highest BCUT2D eigenvalue weighted by Crippen LogP contribution is 2.29. The first-order valence-electron chi connectivity index (χ1n) is 7.81. The van der Waals surface area contributed by atoms with Crippen LogP contribution in [0, 0.1) is 5.92 Å². The van der Waals surface area contributed by atoms with Crippen molar-refractivity contribution < 1.29 is 9.53 Å². The van der Waals surface area contributed by atoms with Gasteiger partial charge in [0.15, 0.2) is 0 Å². The van der Waals surface area contributed by atoms with Gasteiger partial charge >= 0.3 is 0 Å². The van der Waals surface area contributed by atoms with Crippen molar-refractivity contribution in [2.75, 3.05) is 6.61 Å². The van der Waals surface area contributed by atoms with Gasteiger partial charge in [-0.3, -0.25) is 4.79 Å². The van der Waals surface area contributed by atoms with Crippen molar-refractivity contribution >= 4 is 5.91 Å². The van der Waals surface area contributed by atoms with Crippen LogP contribution in [-0.4, -0.2) is 12.5 Å². The lowest BCUT2D eigenvalue weighted by atomic mass is 10.1. The van der Waals surface area contributed by atoms with Crippen molar-refractivity contribution in [1.29, 1.82) is 0 Å². The quantitative estimate of drug-likeness (QED) is 0.875. The first-order chi connectivity index (χ1) is 10.7. The van der Waals surface area contributed by atoms with E-state index in [9.17, 15) is 4.79 Å². The molecular formula is C19H21NO2. The highest BCUT2D eigenvalue weighted by molar-refractivity contribution is 5.94. The Hall–Kier alpha value is -2.29. The van der Waals surface area contributed by atoms with Crippen LogP contribution in [0.1, 0.15) is 41.7 Å². The molecule has 114 valence electrons. The topological polar surface area (TPSA) is 38.3 Å². The van der Waals surface area contributed by atoms with Gasteiger partial charge in [-0.2, -0.15) is 0 Å². The maximum absolute atomic E-state index is 12.3. The van der Waals surface area contributed by atoms with Gasteiger partial charge in [-0.1, -0.05) is 30.3 Å². The van der Waals surface area contributed by atoms with E-state index >= 15 is 0 Å². The number of rotatable bonds is 6. The van der Waals surface area contributed by atoms with Crippen LogP contribution in [0.15, 0.2) is 54.6 Å². The van der Waals surface area contributed by atoms with Gasteiger partial charge in [-0.15, -0.1) is 0 Å². The fraction of sp³-hybridized carbons (Fsp3) is 0.316. The second kappa shape index (κ2) is 6.65. The summed E-state index contributed by atoms with van der Waals surface area (Å²) < 4.78 is 5.68. The van der Waals surface area contributed by atoms with Gasteiger partial charge < -0.3 is 10.1 Å². The lowest BCUT2D eigenvalue weighted by molar-refractivity contribution is 0.0940. The van der Waals surface area contributed by atoms with E-state index in [0.29, 0.717) is 5.56 Å². The minimum absolute atomic E-state index is 0.0144. The van der Waals surface area contributed by atoms with E-state index in [2.05, 4.69) is 5.32 Å². The first-order valence-corrected chi connectivity index (χ1v) is 7.81. The Morgan fingerprint density at radius 3 is 2.45 bits per heavy atom. The molecule has 3 nitrogen and oxygen atoms in total. The third-order valence-electron chi connectivity index (χ3n) is 3.95. The molecule has 1 aliphatic rings. The average Bonchev–Trinajstić information content (AvgIpc) is 3.38. The molecule has 0 bridgehead atoms. The highest BCUT2D eigenvalue weighted by Gasteiger charge is 2.21. The van der Waals surface area contributed by atoms with Gasteiger partial charge in [-0.05, 0) is 55.5 Å². The fourth-order valence-corrected chi connectivity index (χ4v) is 2.31. The number of carbonyl (C=O) groups is 1. The number of ether oxygens (including phenoxy) is 1. The standard InChI is InChI=1S/C19H21NO2/c1-14(16-5-3-2-4-6-16)20-19(21)17-9-11-18(12-10-17)22-13-15-7-8-15/h2-6,9-12,14-15H,7-8,13H2,1H3,(H,20,21). The minimum Gasteiger partial charge on any atom is -0.493 e. The van der Waals surface area contributed by atoms with Crippen LogP contribution in [0.3, 0.4) is 0 Å². The lowest BCUT2D eigenvalue weighted by Gasteiger charge is -2.14. The summed E-state index contributed by atoms with van der Waals surface area (Å²) in [6.07, 6.45) is 2.55. The summed E-state index contributed by atoms with van der Waals surface area (Å²) in [4.78, 5) is 12.3. The van der Waals surface area contributed by atoms with E-state index in [4.69, 9.17) is 4.74 Å². The Labute approximate surface area is 131 Å². The first kappa shape index (κ1) is 14.6. The average molecular weight is 295 g/mol. The summed E-state index contributed by atoms with van der Waals surface area (Å²) in [5, 5.41) is 3.01. The molecule has 1 aliphatic carbocycles. The molecule has 1 amide bonds. The lowest BCUT2D eigenvalue weighted by Crippen LogP contribution is -2.26. The molecule has 1 atom stereocenters. The van der Waals surface area contributed by atoms with Gasteiger partial charge in [-0.25, -0.2) is 0 Å². The summed E-state index contributed by atoms with van der Waals surface area (Å²) in [5.74, 6) is 1.50. The summed E-state index contributed by atoms with van der Waals surface area (Å²) in [6, 6.07) is 17.3. The maximum atomic E-state index is 12.3. The largest absolute Gasteiger partial charge is 0.493 e. The molecule has 0 aromatic heterocycles. The normalized spacial score (nSPS) is 15.1. The molecule has 1 unspecified atom stereocenters. The Morgan fingerprint density at radius 1 is 1.14 bits per heavy atom. The predicted molar refractivity (Wildman–Crippen MR) is 87.0 cm³/mol. The summed E-state index contributed by atoms with van der Waals surface area (Å²) in [7, 11) is 0. The van der Waals surface area contributed by atoms with Crippen LogP contribution >= 0.6 is 0 Å². The summed E-state index contributed by atoms with van der Waals surface area (Å²) in [6.45, 7) is 2.77. The van der Waals surface area contributed by atoms with Gasteiger partial charge in [0.05, 0.1) is 12.6 Å². The van der Waals surface area contributed by atoms with Gasteiger partial charge in [0.25, 0.3) is 5.91 Å². The summed E-state index contributed by atoms with van der Waals surface area (Å²) >= 11 is 0. The van der Waals surface area contributed by atoms with E-state index in [1.807, 2.05) is 61.5 Å². The molecule has 0 aliphatic heterocycles. The monoisotopic (exact) mass is 295 g/mol. The molecule has 3 heteroatoms. The molecule has 1 saturated carbocycles. The number of hydrogen-bond acceptors (Lipinski definition) is 2. The van der Waals surface area contributed by atoms with Crippen molar-refractivity contribution in [3.8, 4) is 5.75 Å². The SMILES string of the molecule is CC(NC(=O)c1ccc(OCC2CC2)cc1)c1ccccc1. The number of carbonyl (C=O) groups excluding carboxylic acids is 1. The molecule has 3 rings (SSSR count). The summed E-state index contributed by atoms with van der Waals surface area (Å²) in [5.41, 5.74) is 1.75. The smallest absolute Gasteiger partial charge is 0.251 e. The Bertz CT molecular complexity index is 618. The van der Waals surface area contributed by atoms with Crippen molar-refractivity contribution in [2.45, 2.75) is 25.8 Å². The molecule has 1 N–H and O–H groups in total. The predicted octanol–water partition coefficient (Wildman–Crippen LogP) is 3.97. The molecule has 0 spiro atoms. The second-order valence-electron chi connectivity index (χ2n) is 5.88. The molecule has 0 heterocycles.